The van der Waals surface area contributed by atoms with Gasteiger partial charge >= 0.3 is 0 Å². The molecule has 3 aliphatic heterocycles. The lowest BCUT2D eigenvalue weighted by atomic mass is 9.89. The van der Waals surface area contributed by atoms with E-state index >= 15 is 0 Å². The Balaban J connectivity index is 1.26. The van der Waals surface area contributed by atoms with Gasteiger partial charge in [0.15, 0.2) is 0 Å². The van der Waals surface area contributed by atoms with Crippen molar-refractivity contribution >= 4 is 11.4 Å². The normalized spacial score (nSPS) is 23.5. The van der Waals surface area contributed by atoms with Gasteiger partial charge in [-0.05, 0) is 49.6 Å². The molecule has 2 atom stereocenters. The molecule has 28 heavy (non-hydrogen) atoms. The highest BCUT2D eigenvalue weighted by Crippen LogP contribution is 2.50. The minimum atomic E-state index is 0.652. The number of hydrogen-bond donors (Lipinski definition) is 0. The SMILES string of the molecule is COc1cccnc1CCCN1CC[C@H]2[C@@H](C1)c1cccc3c1N2CCN3C. The maximum Gasteiger partial charge on any atom is 0.140 e. The Morgan fingerprint density at radius 3 is 2.96 bits per heavy atom. The van der Waals surface area contributed by atoms with E-state index in [1.54, 1.807) is 12.7 Å². The summed E-state index contributed by atoms with van der Waals surface area (Å²) in [5.41, 5.74) is 5.60. The quantitative estimate of drug-likeness (QED) is 0.798. The van der Waals surface area contributed by atoms with Gasteiger partial charge < -0.3 is 19.4 Å². The topological polar surface area (TPSA) is 31.8 Å². The predicted molar refractivity (Wildman–Crippen MR) is 114 cm³/mol. The van der Waals surface area contributed by atoms with E-state index in [4.69, 9.17) is 4.74 Å². The van der Waals surface area contributed by atoms with E-state index in [1.165, 1.54) is 37.4 Å². The number of piperidine rings is 1. The second-order valence-electron chi connectivity index (χ2n) is 8.35. The third-order valence-corrected chi connectivity index (χ3v) is 6.84. The van der Waals surface area contributed by atoms with Crippen LogP contribution >= 0.6 is 0 Å². The van der Waals surface area contributed by atoms with Gasteiger partial charge in [-0.15, -0.1) is 0 Å². The molecule has 0 bridgehead atoms. The molecule has 5 nitrogen and oxygen atoms in total. The van der Waals surface area contributed by atoms with Crippen molar-refractivity contribution in [1.29, 1.82) is 0 Å². The predicted octanol–water partition coefficient (Wildman–Crippen LogP) is 3.15. The molecule has 0 saturated carbocycles. The fourth-order valence-corrected chi connectivity index (χ4v) is 5.45. The van der Waals surface area contributed by atoms with Crippen LogP contribution in [0.5, 0.6) is 5.75 Å². The minimum Gasteiger partial charge on any atom is -0.495 e. The van der Waals surface area contributed by atoms with Crippen LogP contribution in [-0.4, -0.2) is 62.8 Å². The van der Waals surface area contributed by atoms with Crippen LogP contribution in [-0.2, 0) is 6.42 Å². The number of ether oxygens (including phenoxy) is 1. The van der Waals surface area contributed by atoms with Gasteiger partial charge in [0, 0.05) is 51.4 Å². The van der Waals surface area contributed by atoms with E-state index in [0.29, 0.717) is 12.0 Å². The Hall–Kier alpha value is -2.27. The summed E-state index contributed by atoms with van der Waals surface area (Å²) in [6.07, 6.45) is 5.25. The Morgan fingerprint density at radius 1 is 1.14 bits per heavy atom. The lowest BCUT2D eigenvalue weighted by molar-refractivity contribution is 0.191. The van der Waals surface area contributed by atoms with Gasteiger partial charge in [-0.25, -0.2) is 0 Å². The fourth-order valence-electron chi connectivity index (χ4n) is 5.45. The summed E-state index contributed by atoms with van der Waals surface area (Å²) in [6.45, 7) is 5.82. The summed E-state index contributed by atoms with van der Waals surface area (Å²) >= 11 is 0. The average Bonchev–Trinajstić information content (AvgIpc) is 3.05. The molecule has 0 N–H and O–H groups in total. The van der Waals surface area contributed by atoms with E-state index in [0.717, 1.165) is 37.4 Å². The highest BCUT2D eigenvalue weighted by atomic mass is 16.5. The first-order chi connectivity index (χ1) is 13.8. The van der Waals surface area contributed by atoms with Gasteiger partial charge in [-0.1, -0.05) is 12.1 Å². The van der Waals surface area contributed by atoms with Crippen molar-refractivity contribution in [2.75, 3.05) is 56.7 Å². The zero-order valence-electron chi connectivity index (χ0n) is 17.0. The molecule has 0 radical (unpaired) electrons. The molecule has 0 amide bonds. The van der Waals surface area contributed by atoms with E-state index in [2.05, 4.69) is 44.9 Å². The summed E-state index contributed by atoms with van der Waals surface area (Å²) in [5, 5.41) is 0. The third-order valence-electron chi connectivity index (χ3n) is 6.84. The summed E-state index contributed by atoms with van der Waals surface area (Å²) in [6, 6.07) is 11.6. The van der Waals surface area contributed by atoms with Crippen molar-refractivity contribution in [1.82, 2.24) is 9.88 Å². The maximum atomic E-state index is 5.45. The molecule has 1 aromatic heterocycles. The van der Waals surface area contributed by atoms with E-state index in [1.807, 2.05) is 18.3 Å². The lowest BCUT2D eigenvalue weighted by Gasteiger charge is -2.41. The smallest absolute Gasteiger partial charge is 0.140 e. The van der Waals surface area contributed by atoms with Crippen LogP contribution < -0.4 is 14.5 Å². The largest absolute Gasteiger partial charge is 0.495 e. The second kappa shape index (κ2) is 7.28. The summed E-state index contributed by atoms with van der Waals surface area (Å²) in [4.78, 5) is 12.3. The van der Waals surface area contributed by atoms with Crippen molar-refractivity contribution in [2.45, 2.75) is 31.2 Å². The summed E-state index contributed by atoms with van der Waals surface area (Å²) < 4.78 is 5.45. The highest BCUT2D eigenvalue weighted by Gasteiger charge is 2.44. The number of likely N-dealkylation sites (N-methyl/N-ethyl adjacent to an activating group) is 1. The van der Waals surface area contributed by atoms with Crippen LogP contribution in [0.4, 0.5) is 11.4 Å². The van der Waals surface area contributed by atoms with E-state index in [-0.39, 0.29) is 0 Å². The first kappa shape index (κ1) is 17.8. The highest BCUT2D eigenvalue weighted by molar-refractivity contribution is 5.80. The molecular weight excluding hydrogens is 348 g/mol. The fraction of sp³-hybridized carbons (Fsp3) is 0.522. The average molecular weight is 379 g/mol. The number of benzene rings is 1. The number of fused-ring (bicyclic) bond motifs is 3. The Labute approximate surface area is 167 Å². The third kappa shape index (κ3) is 2.93. The van der Waals surface area contributed by atoms with Crippen molar-refractivity contribution < 1.29 is 4.74 Å². The van der Waals surface area contributed by atoms with Gasteiger partial charge in [0.2, 0.25) is 0 Å². The van der Waals surface area contributed by atoms with Gasteiger partial charge in [0.1, 0.15) is 5.75 Å². The molecule has 148 valence electrons. The Bertz CT molecular complexity index is 854. The van der Waals surface area contributed by atoms with Crippen molar-refractivity contribution in [3.05, 3.63) is 47.8 Å². The van der Waals surface area contributed by atoms with Crippen LogP contribution in [0.25, 0.3) is 0 Å². The zero-order valence-corrected chi connectivity index (χ0v) is 17.0. The number of pyridine rings is 1. The lowest BCUT2D eigenvalue weighted by Crippen LogP contribution is -2.49. The molecule has 4 heterocycles. The molecule has 5 rings (SSSR count). The number of aromatic nitrogens is 1. The summed E-state index contributed by atoms with van der Waals surface area (Å²) in [5.74, 6) is 1.57. The number of methoxy groups -OCH3 is 1. The van der Waals surface area contributed by atoms with Crippen molar-refractivity contribution in [3.8, 4) is 5.75 Å². The number of anilines is 2. The van der Waals surface area contributed by atoms with Gasteiger partial charge in [0.25, 0.3) is 0 Å². The molecule has 1 fully saturated rings. The standard InChI is InChI=1S/C23H30N4O/c1-25-14-15-27-20-10-13-26(12-5-7-19-22(28-2)9-4-11-24-19)16-18(20)17-6-3-8-21(25)23(17)27/h3-4,6,8-9,11,18,20H,5,7,10,12-16H2,1-2H3/t18-,20-/m0/s1. The number of rotatable bonds is 5. The maximum absolute atomic E-state index is 5.45. The minimum absolute atomic E-state index is 0.652. The van der Waals surface area contributed by atoms with Crippen LogP contribution in [0.2, 0.25) is 0 Å². The molecule has 2 aromatic rings. The second-order valence-corrected chi connectivity index (χ2v) is 8.35. The van der Waals surface area contributed by atoms with Crippen LogP contribution in [0.3, 0.4) is 0 Å². The number of aryl methyl sites for hydroxylation is 1. The van der Waals surface area contributed by atoms with Gasteiger partial charge in [-0.2, -0.15) is 0 Å². The number of para-hydroxylation sites is 1. The van der Waals surface area contributed by atoms with Crippen molar-refractivity contribution in [2.24, 2.45) is 0 Å². The monoisotopic (exact) mass is 378 g/mol. The molecule has 1 saturated heterocycles. The van der Waals surface area contributed by atoms with E-state index in [9.17, 15) is 0 Å². The first-order valence-corrected chi connectivity index (χ1v) is 10.6. The molecular formula is C23H30N4O. The Kier molecular flexibility index (Phi) is 4.63. The molecule has 3 aliphatic rings. The molecule has 1 aromatic carbocycles. The number of likely N-dealkylation sites (tertiary alicyclic amines) is 1. The van der Waals surface area contributed by atoms with E-state index < -0.39 is 0 Å². The molecule has 0 unspecified atom stereocenters. The molecule has 0 aliphatic carbocycles. The van der Waals surface area contributed by atoms with Crippen LogP contribution in [0.15, 0.2) is 36.5 Å². The zero-order chi connectivity index (χ0) is 19.1. The first-order valence-electron chi connectivity index (χ1n) is 10.6. The molecule has 0 spiro atoms. The van der Waals surface area contributed by atoms with Crippen LogP contribution in [0.1, 0.15) is 30.0 Å². The molecule has 5 heteroatoms. The Morgan fingerprint density at radius 2 is 2.07 bits per heavy atom. The van der Waals surface area contributed by atoms with Crippen molar-refractivity contribution in [3.63, 3.8) is 0 Å². The van der Waals surface area contributed by atoms with Gasteiger partial charge in [0.05, 0.1) is 24.2 Å². The van der Waals surface area contributed by atoms with Gasteiger partial charge in [-0.3, -0.25) is 4.98 Å². The summed E-state index contributed by atoms with van der Waals surface area (Å²) in [7, 11) is 3.96. The number of hydrogen-bond acceptors (Lipinski definition) is 5. The number of nitrogens with zero attached hydrogens (tertiary/aromatic N) is 4. The van der Waals surface area contributed by atoms with Crippen LogP contribution in [0, 0.1) is 0 Å².